The molecule has 1 nitrogen and oxygen atoms in total. The van der Waals surface area contributed by atoms with Gasteiger partial charge in [0.15, 0.2) is 0 Å². The highest BCUT2D eigenvalue weighted by molar-refractivity contribution is 5.43. The number of aryl methyl sites for hydroxylation is 2. The largest absolute Gasteiger partial charge is 0.441 e. The predicted molar refractivity (Wildman–Crippen MR) is 101 cm³/mol. The Kier molecular flexibility index (Phi) is 8.85. The smallest absolute Gasteiger partial charge is 0.116 e. The molecule has 1 heteroatoms. The Morgan fingerprint density at radius 3 is 2.30 bits per heavy atom. The summed E-state index contributed by atoms with van der Waals surface area (Å²) in [5, 5.41) is 0. The summed E-state index contributed by atoms with van der Waals surface area (Å²) in [5.41, 5.74) is 3.75. The lowest BCUT2D eigenvalue weighted by molar-refractivity contribution is 0.0963. The summed E-state index contributed by atoms with van der Waals surface area (Å²) < 4.78 is 5.55. The van der Waals surface area contributed by atoms with Crippen molar-refractivity contribution >= 4 is 0 Å². The zero-order chi connectivity index (χ0) is 17.1. The Morgan fingerprint density at radius 2 is 1.65 bits per heavy atom. The van der Waals surface area contributed by atoms with Gasteiger partial charge in [-0.25, -0.2) is 0 Å². The minimum Gasteiger partial charge on any atom is -0.441 e. The summed E-state index contributed by atoms with van der Waals surface area (Å²) in [5.74, 6) is 3.21. The molecule has 0 fully saturated rings. The van der Waals surface area contributed by atoms with Gasteiger partial charge in [0.2, 0.25) is 0 Å². The van der Waals surface area contributed by atoms with Gasteiger partial charge < -0.3 is 4.74 Å². The van der Waals surface area contributed by atoms with Gasteiger partial charge in [-0.15, -0.1) is 0 Å². The second-order valence-corrected chi connectivity index (χ2v) is 7.35. The molecule has 0 N–H and O–H groups in total. The molecule has 0 bridgehead atoms. The zero-order valence-corrected chi connectivity index (χ0v) is 15.8. The molecule has 1 aromatic carbocycles. The van der Waals surface area contributed by atoms with Crippen molar-refractivity contribution in [2.45, 2.75) is 91.6 Å². The van der Waals surface area contributed by atoms with Crippen molar-refractivity contribution < 1.29 is 4.74 Å². The zero-order valence-electron chi connectivity index (χ0n) is 15.8. The van der Waals surface area contributed by atoms with Crippen molar-refractivity contribution in [1.82, 2.24) is 0 Å². The van der Waals surface area contributed by atoms with E-state index in [1.807, 2.05) is 20.8 Å². The lowest BCUT2D eigenvalue weighted by atomic mass is 9.97. The summed E-state index contributed by atoms with van der Waals surface area (Å²) in [4.78, 5) is 0. The first-order valence-corrected chi connectivity index (χ1v) is 9.27. The molecule has 23 heavy (non-hydrogen) atoms. The maximum atomic E-state index is 5.55. The third-order valence-corrected chi connectivity index (χ3v) is 3.83. The van der Waals surface area contributed by atoms with E-state index in [2.05, 4.69) is 44.1 Å². The molecule has 0 heterocycles. The highest BCUT2D eigenvalue weighted by Gasteiger charge is 2.08. The van der Waals surface area contributed by atoms with E-state index in [4.69, 9.17) is 4.74 Å². The molecule has 0 aromatic heterocycles. The first kappa shape index (κ1) is 19.6. The molecule has 0 saturated carbocycles. The van der Waals surface area contributed by atoms with Crippen molar-refractivity contribution in [3.05, 3.63) is 34.9 Å². The fraction of sp³-hybridized carbons (Fsp3) is 0.636. The predicted octanol–water partition coefficient (Wildman–Crippen LogP) is 6.28. The van der Waals surface area contributed by atoms with Crippen LogP contribution in [0.2, 0.25) is 0 Å². The maximum Gasteiger partial charge on any atom is 0.116 e. The van der Waals surface area contributed by atoms with Crippen LogP contribution >= 0.6 is 0 Å². The average molecular weight is 315 g/mol. The first-order chi connectivity index (χ1) is 11.0. The number of hydrogen-bond acceptors (Lipinski definition) is 1. The Morgan fingerprint density at radius 1 is 0.913 bits per heavy atom. The highest BCUT2D eigenvalue weighted by atomic mass is 16.5. The normalized spacial score (nSPS) is 11.0. The summed E-state index contributed by atoms with van der Waals surface area (Å²) in [6.07, 6.45) is 12.9. The van der Waals surface area contributed by atoms with Crippen LogP contribution in [0.25, 0.3) is 0 Å². The standard InChI is InChI=1S/C22H34O/c1-6-8-10-11-12-19-14-15-20(16-17-23-22(3,4)5)21(18-19)13-9-7-2/h14-15,18H,6-13H2,1-5H3. The monoisotopic (exact) mass is 314 g/mol. The quantitative estimate of drug-likeness (QED) is 0.405. The fourth-order valence-corrected chi connectivity index (χ4v) is 2.49. The van der Waals surface area contributed by atoms with Crippen LogP contribution < -0.4 is 0 Å². The SMILES string of the molecule is CCCCCCc1ccc(C#COC(C)(C)C)c(CCCC)c1. The number of rotatable bonds is 8. The van der Waals surface area contributed by atoms with Gasteiger partial charge in [0.25, 0.3) is 0 Å². The molecule has 0 radical (unpaired) electrons. The second-order valence-electron chi connectivity index (χ2n) is 7.35. The average Bonchev–Trinajstić information content (AvgIpc) is 2.50. The molecule has 1 rings (SSSR count). The number of hydrogen-bond donors (Lipinski definition) is 0. The molecular weight excluding hydrogens is 280 g/mol. The summed E-state index contributed by atoms with van der Waals surface area (Å²) in [6, 6.07) is 6.78. The van der Waals surface area contributed by atoms with Crippen molar-refractivity contribution in [2.75, 3.05) is 0 Å². The Hall–Kier alpha value is -1.42. The summed E-state index contributed by atoms with van der Waals surface area (Å²) in [6.45, 7) is 10.6. The van der Waals surface area contributed by atoms with Crippen molar-refractivity contribution in [3.63, 3.8) is 0 Å². The molecule has 0 spiro atoms. The lowest BCUT2D eigenvalue weighted by Crippen LogP contribution is -2.15. The molecule has 0 unspecified atom stereocenters. The van der Waals surface area contributed by atoms with Crippen LogP contribution in [0.5, 0.6) is 0 Å². The third-order valence-electron chi connectivity index (χ3n) is 3.83. The van der Waals surface area contributed by atoms with Gasteiger partial charge in [-0.3, -0.25) is 0 Å². The Balaban J connectivity index is 2.79. The molecule has 0 saturated heterocycles. The minimum absolute atomic E-state index is 0.212. The molecule has 1 aromatic rings. The Labute approximate surface area is 143 Å². The van der Waals surface area contributed by atoms with E-state index in [9.17, 15) is 0 Å². The van der Waals surface area contributed by atoms with E-state index in [1.165, 1.54) is 56.1 Å². The van der Waals surface area contributed by atoms with E-state index >= 15 is 0 Å². The molecule has 0 atom stereocenters. The van der Waals surface area contributed by atoms with E-state index < -0.39 is 0 Å². The molecule has 0 aliphatic heterocycles. The second kappa shape index (κ2) is 10.4. The third kappa shape index (κ3) is 8.70. The van der Waals surface area contributed by atoms with Crippen LogP contribution in [0, 0.1) is 12.0 Å². The lowest BCUT2D eigenvalue weighted by Gasteiger charge is -2.14. The first-order valence-electron chi connectivity index (χ1n) is 9.27. The van der Waals surface area contributed by atoms with Crippen LogP contribution in [0.15, 0.2) is 18.2 Å². The maximum absolute atomic E-state index is 5.55. The van der Waals surface area contributed by atoms with Gasteiger partial charge in [0, 0.05) is 5.56 Å². The molecule has 0 amide bonds. The van der Waals surface area contributed by atoms with Gasteiger partial charge in [-0.2, -0.15) is 0 Å². The van der Waals surface area contributed by atoms with Gasteiger partial charge >= 0.3 is 0 Å². The van der Waals surface area contributed by atoms with Crippen LogP contribution in [-0.4, -0.2) is 5.60 Å². The fourth-order valence-electron chi connectivity index (χ4n) is 2.49. The molecule has 128 valence electrons. The van der Waals surface area contributed by atoms with Crippen molar-refractivity contribution in [3.8, 4) is 12.0 Å². The van der Waals surface area contributed by atoms with Gasteiger partial charge in [0.1, 0.15) is 11.7 Å². The molecule has 0 aliphatic carbocycles. The van der Waals surface area contributed by atoms with Crippen molar-refractivity contribution in [2.24, 2.45) is 0 Å². The topological polar surface area (TPSA) is 9.23 Å². The minimum atomic E-state index is -0.212. The molecular formula is C22H34O. The number of ether oxygens (including phenoxy) is 1. The van der Waals surface area contributed by atoms with Gasteiger partial charge in [-0.05, 0) is 69.6 Å². The van der Waals surface area contributed by atoms with E-state index in [0.29, 0.717) is 0 Å². The van der Waals surface area contributed by atoms with Crippen LogP contribution in [0.4, 0.5) is 0 Å². The van der Waals surface area contributed by atoms with Crippen LogP contribution in [0.3, 0.4) is 0 Å². The number of benzene rings is 1. The van der Waals surface area contributed by atoms with Crippen LogP contribution in [-0.2, 0) is 17.6 Å². The van der Waals surface area contributed by atoms with Crippen LogP contribution in [0.1, 0.15) is 89.8 Å². The summed E-state index contributed by atoms with van der Waals surface area (Å²) >= 11 is 0. The van der Waals surface area contributed by atoms with Crippen molar-refractivity contribution in [1.29, 1.82) is 0 Å². The van der Waals surface area contributed by atoms with E-state index in [-0.39, 0.29) is 5.60 Å². The van der Waals surface area contributed by atoms with E-state index in [1.54, 1.807) is 0 Å². The van der Waals surface area contributed by atoms with Gasteiger partial charge in [0.05, 0.1) is 0 Å². The van der Waals surface area contributed by atoms with E-state index in [0.717, 1.165) is 12.0 Å². The molecule has 0 aliphatic rings. The summed E-state index contributed by atoms with van der Waals surface area (Å²) in [7, 11) is 0. The Bertz CT molecular complexity index is 511. The van der Waals surface area contributed by atoms with Gasteiger partial charge in [-0.1, -0.05) is 51.7 Å². The highest BCUT2D eigenvalue weighted by Crippen LogP contribution is 2.17. The number of unbranched alkanes of at least 4 members (excludes halogenated alkanes) is 4.